The van der Waals surface area contributed by atoms with Gasteiger partial charge in [-0.1, -0.05) is 11.6 Å². The average Bonchev–Trinajstić information content (AvgIpc) is 2.74. The van der Waals surface area contributed by atoms with Gasteiger partial charge in [-0.3, -0.25) is 9.89 Å². The van der Waals surface area contributed by atoms with Crippen LogP contribution >= 0.6 is 11.6 Å². The molecule has 18 heavy (non-hydrogen) atoms. The van der Waals surface area contributed by atoms with Crippen molar-refractivity contribution in [2.75, 3.05) is 12.4 Å². The Morgan fingerprint density at radius 3 is 2.78 bits per heavy atom. The number of carbonyl (C=O) groups excluding carboxylic acids is 1. The molecule has 1 amide bonds. The summed E-state index contributed by atoms with van der Waals surface area (Å²) in [5, 5.41) is 9.72. The minimum absolute atomic E-state index is 0.272. The van der Waals surface area contributed by atoms with E-state index in [1.165, 1.54) is 7.11 Å². The number of H-pyrrole nitrogens is 1. The highest BCUT2D eigenvalue weighted by Crippen LogP contribution is 2.25. The summed E-state index contributed by atoms with van der Waals surface area (Å²) in [6.07, 6.45) is 0. The van der Waals surface area contributed by atoms with Crippen molar-refractivity contribution in [1.29, 1.82) is 0 Å². The Labute approximate surface area is 109 Å². The fourth-order valence-corrected chi connectivity index (χ4v) is 1.74. The quantitative estimate of drug-likeness (QED) is 0.896. The highest BCUT2D eigenvalue weighted by atomic mass is 35.5. The number of methoxy groups -OCH3 is 1. The first-order valence-electron chi connectivity index (χ1n) is 5.27. The van der Waals surface area contributed by atoms with Gasteiger partial charge in [-0.05, 0) is 25.1 Å². The number of ether oxygens (including phenoxy) is 1. The van der Waals surface area contributed by atoms with Crippen molar-refractivity contribution < 1.29 is 9.53 Å². The Morgan fingerprint density at radius 2 is 2.22 bits per heavy atom. The van der Waals surface area contributed by atoms with E-state index < -0.39 is 0 Å². The van der Waals surface area contributed by atoms with E-state index in [1.54, 1.807) is 24.3 Å². The molecule has 0 bridgehead atoms. The lowest BCUT2D eigenvalue weighted by Gasteiger charge is -2.05. The number of aromatic nitrogens is 2. The molecule has 0 aliphatic carbocycles. The number of nitrogens with zero attached hydrogens (tertiary/aromatic N) is 1. The van der Waals surface area contributed by atoms with Crippen LogP contribution in [0, 0.1) is 6.92 Å². The van der Waals surface area contributed by atoms with E-state index >= 15 is 0 Å². The zero-order valence-electron chi connectivity index (χ0n) is 9.95. The number of anilines is 1. The minimum atomic E-state index is -0.272. The molecule has 0 radical (unpaired) electrons. The highest BCUT2D eigenvalue weighted by Gasteiger charge is 2.10. The van der Waals surface area contributed by atoms with Gasteiger partial charge in [-0.2, -0.15) is 5.10 Å². The van der Waals surface area contributed by atoms with E-state index in [0.717, 1.165) is 5.69 Å². The molecule has 5 nitrogen and oxygen atoms in total. The Hall–Kier alpha value is -2.01. The van der Waals surface area contributed by atoms with Crippen molar-refractivity contribution in [2.24, 2.45) is 0 Å². The van der Waals surface area contributed by atoms with Crippen LogP contribution in [-0.2, 0) is 0 Å². The van der Waals surface area contributed by atoms with Gasteiger partial charge in [0, 0.05) is 17.3 Å². The molecule has 2 aromatic rings. The van der Waals surface area contributed by atoms with Crippen LogP contribution in [0.1, 0.15) is 16.1 Å². The molecule has 2 N–H and O–H groups in total. The van der Waals surface area contributed by atoms with Crippen LogP contribution in [-0.4, -0.2) is 23.2 Å². The summed E-state index contributed by atoms with van der Waals surface area (Å²) >= 11 is 5.95. The van der Waals surface area contributed by atoms with Crippen LogP contribution in [0.5, 0.6) is 5.75 Å². The average molecular weight is 266 g/mol. The second-order valence-corrected chi connectivity index (χ2v) is 4.15. The monoisotopic (exact) mass is 265 g/mol. The summed E-state index contributed by atoms with van der Waals surface area (Å²) in [5.41, 5.74) is 1.32. The Bertz CT molecular complexity index is 580. The van der Waals surface area contributed by atoms with Gasteiger partial charge in [0.25, 0.3) is 5.91 Å². The normalized spacial score (nSPS) is 10.2. The van der Waals surface area contributed by atoms with Crippen molar-refractivity contribution in [2.45, 2.75) is 6.92 Å². The first-order valence-corrected chi connectivity index (χ1v) is 5.65. The van der Waals surface area contributed by atoms with Crippen LogP contribution in [0.2, 0.25) is 5.02 Å². The van der Waals surface area contributed by atoms with E-state index in [-0.39, 0.29) is 5.91 Å². The fraction of sp³-hybridized carbons (Fsp3) is 0.167. The van der Waals surface area contributed by atoms with Crippen LogP contribution in [0.4, 0.5) is 5.82 Å². The molecule has 1 aromatic carbocycles. The van der Waals surface area contributed by atoms with E-state index in [0.29, 0.717) is 22.2 Å². The van der Waals surface area contributed by atoms with Gasteiger partial charge >= 0.3 is 0 Å². The molecule has 6 heteroatoms. The van der Waals surface area contributed by atoms with Gasteiger partial charge in [0.05, 0.1) is 12.1 Å². The van der Waals surface area contributed by atoms with E-state index in [4.69, 9.17) is 16.3 Å². The van der Waals surface area contributed by atoms with E-state index in [1.807, 2.05) is 6.92 Å². The zero-order valence-corrected chi connectivity index (χ0v) is 10.7. The summed E-state index contributed by atoms with van der Waals surface area (Å²) in [6, 6.07) is 6.57. The number of benzene rings is 1. The van der Waals surface area contributed by atoms with Crippen LogP contribution in [0.3, 0.4) is 0 Å². The van der Waals surface area contributed by atoms with Gasteiger partial charge in [-0.25, -0.2) is 0 Å². The SMILES string of the molecule is COc1ccc(C(=O)Nc2cc(C)[nH]n2)cc1Cl. The summed E-state index contributed by atoms with van der Waals surface area (Å²) in [5.74, 6) is 0.735. The summed E-state index contributed by atoms with van der Waals surface area (Å²) in [7, 11) is 1.52. The topological polar surface area (TPSA) is 67.0 Å². The number of nitrogens with one attached hydrogen (secondary N) is 2. The molecule has 0 aliphatic heterocycles. The summed E-state index contributed by atoms with van der Waals surface area (Å²) in [4.78, 5) is 11.9. The third-order valence-electron chi connectivity index (χ3n) is 2.36. The largest absolute Gasteiger partial charge is 0.495 e. The smallest absolute Gasteiger partial charge is 0.256 e. The lowest BCUT2D eigenvalue weighted by atomic mass is 10.2. The van der Waals surface area contributed by atoms with E-state index in [2.05, 4.69) is 15.5 Å². The predicted octanol–water partition coefficient (Wildman–Crippen LogP) is 2.63. The van der Waals surface area contributed by atoms with Gasteiger partial charge in [0.1, 0.15) is 5.75 Å². The molecule has 1 heterocycles. The van der Waals surface area contributed by atoms with Gasteiger partial charge in [-0.15, -0.1) is 0 Å². The van der Waals surface area contributed by atoms with Crippen LogP contribution < -0.4 is 10.1 Å². The van der Waals surface area contributed by atoms with Crippen LogP contribution in [0.25, 0.3) is 0 Å². The number of aromatic amines is 1. The van der Waals surface area contributed by atoms with Crippen molar-refractivity contribution in [1.82, 2.24) is 10.2 Å². The third kappa shape index (κ3) is 2.62. The summed E-state index contributed by atoms with van der Waals surface area (Å²) < 4.78 is 5.02. The first-order chi connectivity index (χ1) is 8.60. The molecule has 94 valence electrons. The second-order valence-electron chi connectivity index (χ2n) is 3.74. The van der Waals surface area contributed by atoms with E-state index in [9.17, 15) is 4.79 Å². The number of rotatable bonds is 3. The number of halogens is 1. The van der Waals surface area contributed by atoms with Gasteiger partial charge in [0.2, 0.25) is 0 Å². The lowest BCUT2D eigenvalue weighted by molar-refractivity contribution is 0.102. The zero-order chi connectivity index (χ0) is 13.1. The highest BCUT2D eigenvalue weighted by molar-refractivity contribution is 6.32. The Kier molecular flexibility index (Phi) is 3.53. The Morgan fingerprint density at radius 1 is 1.44 bits per heavy atom. The fourth-order valence-electron chi connectivity index (χ4n) is 1.48. The Balaban J connectivity index is 2.16. The van der Waals surface area contributed by atoms with Crippen molar-refractivity contribution in [3.63, 3.8) is 0 Å². The number of aryl methyl sites for hydroxylation is 1. The van der Waals surface area contributed by atoms with Gasteiger partial charge in [0.15, 0.2) is 5.82 Å². The first kappa shape index (κ1) is 12.4. The molecule has 0 saturated heterocycles. The number of hydrogen-bond donors (Lipinski definition) is 2. The lowest BCUT2D eigenvalue weighted by Crippen LogP contribution is -2.12. The molecule has 1 aromatic heterocycles. The molecular formula is C12H12ClN3O2. The molecule has 0 saturated carbocycles. The van der Waals surface area contributed by atoms with Crippen molar-refractivity contribution in [3.05, 3.63) is 40.5 Å². The number of hydrogen-bond acceptors (Lipinski definition) is 3. The molecule has 0 atom stereocenters. The number of carbonyl (C=O) groups is 1. The van der Waals surface area contributed by atoms with Crippen molar-refractivity contribution >= 4 is 23.3 Å². The molecular weight excluding hydrogens is 254 g/mol. The second kappa shape index (κ2) is 5.10. The maximum Gasteiger partial charge on any atom is 0.256 e. The molecule has 2 rings (SSSR count). The predicted molar refractivity (Wildman–Crippen MR) is 69.3 cm³/mol. The van der Waals surface area contributed by atoms with Gasteiger partial charge < -0.3 is 10.1 Å². The minimum Gasteiger partial charge on any atom is -0.495 e. The standard InChI is InChI=1S/C12H12ClN3O2/c1-7-5-11(16-15-7)14-12(17)8-3-4-10(18-2)9(13)6-8/h3-6H,1-2H3,(H2,14,15,16,17). The third-order valence-corrected chi connectivity index (χ3v) is 2.66. The molecule has 0 spiro atoms. The number of amides is 1. The molecule has 0 aliphatic rings. The maximum absolute atomic E-state index is 11.9. The molecule has 0 unspecified atom stereocenters. The van der Waals surface area contributed by atoms with Crippen LogP contribution in [0.15, 0.2) is 24.3 Å². The molecule has 0 fully saturated rings. The summed E-state index contributed by atoms with van der Waals surface area (Å²) in [6.45, 7) is 1.85. The van der Waals surface area contributed by atoms with Crippen molar-refractivity contribution in [3.8, 4) is 5.75 Å². The maximum atomic E-state index is 11.9.